The van der Waals surface area contributed by atoms with E-state index < -0.39 is 0 Å². The second-order valence-electron chi connectivity index (χ2n) is 7.75. The van der Waals surface area contributed by atoms with E-state index in [0.29, 0.717) is 5.75 Å². The van der Waals surface area contributed by atoms with Gasteiger partial charge in [-0.1, -0.05) is 84.0 Å². The van der Waals surface area contributed by atoms with Gasteiger partial charge in [0.1, 0.15) is 5.75 Å². The van der Waals surface area contributed by atoms with Crippen LogP contribution >= 0.6 is 0 Å². The van der Waals surface area contributed by atoms with Crippen molar-refractivity contribution < 1.29 is 5.11 Å². The van der Waals surface area contributed by atoms with Crippen LogP contribution < -0.4 is 0 Å². The molecule has 2 aromatic rings. The Bertz CT molecular complexity index is 625. The van der Waals surface area contributed by atoms with Crippen molar-refractivity contribution in [2.24, 2.45) is 0 Å². The molecule has 0 unspecified atom stereocenters. The van der Waals surface area contributed by atoms with Crippen LogP contribution in [-0.2, 0) is 10.8 Å². The zero-order valence-electron chi connectivity index (χ0n) is 14.0. The fraction of sp³-hybridized carbons (Fsp3) is 0.400. The maximum absolute atomic E-state index is 10.9. The van der Waals surface area contributed by atoms with Gasteiger partial charge in [0, 0.05) is 5.56 Å². The maximum Gasteiger partial charge on any atom is 0.123 e. The van der Waals surface area contributed by atoms with Crippen molar-refractivity contribution in [2.45, 2.75) is 52.4 Å². The number of phenolic OH excluding ortho intramolecular Hbond substituents is 1. The summed E-state index contributed by atoms with van der Waals surface area (Å²) in [7, 11) is 0. The average molecular weight is 282 g/mol. The van der Waals surface area contributed by atoms with E-state index in [0.717, 1.165) is 22.3 Å². The summed E-state index contributed by atoms with van der Waals surface area (Å²) in [6.07, 6.45) is 0. The van der Waals surface area contributed by atoms with E-state index >= 15 is 0 Å². The summed E-state index contributed by atoms with van der Waals surface area (Å²) < 4.78 is 0. The predicted molar refractivity (Wildman–Crippen MR) is 90.9 cm³/mol. The highest BCUT2D eigenvalue weighted by molar-refractivity contribution is 5.73. The van der Waals surface area contributed by atoms with Crippen LogP contribution in [-0.4, -0.2) is 5.11 Å². The first-order chi connectivity index (χ1) is 9.62. The van der Waals surface area contributed by atoms with Crippen LogP contribution in [0.25, 0.3) is 11.1 Å². The molecule has 2 aromatic carbocycles. The average Bonchev–Trinajstić information content (AvgIpc) is 2.36. The van der Waals surface area contributed by atoms with Crippen molar-refractivity contribution in [1.29, 1.82) is 0 Å². The number of hydrogen-bond donors (Lipinski definition) is 1. The third kappa shape index (κ3) is 3.12. The molecule has 1 nitrogen and oxygen atoms in total. The SMILES string of the molecule is CC(C)(C)c1ccc(-c2ccccc2)c(C(C)(C)C)c1O. The molecule has 1 heteroatoms. The van der Waals surface area contributed by atoms with Gasteiger partial charge in [0.05, 0.1) is 0 Å². The van der Waals surface area contributed by atoms with Crippen molar-refractivity contribution >= 4 is 0 Å². The van der Waals surface area contributed by atoms with Crippen LogP contribution in [0.2, 0.25) is 0 Å². The van der Waals surface area contributed by atoms with E-state index in [4.69, 9.17) is 0 Å². The molecular formula is C20H26O. The van der Waals surface area contributed by atoms with Crippen LogP contribution in [0.4, 0.5) is 0 Å². The smallest absolute Gasteiger partial charge is 0.123 e. The highest BCUT2D eigenvalue weighted by atomic mass is 16.3. The molecule has 0 aromatic heterocycles. The minimum absolute atomic E-state index is 0.0701. The van der Waals surface area contributed by atoms with Gasteiger partial charge >= 0.3 is 0 Å². The molecule has 0 radical (unpaired) electrons. The lowest BCUT2D eigenvalue weighted by Crippen LogP contribution is -2.18. The van der Waals surface area contributed by atoms with Crippen molar-refractivity contribution in [3.63, 3.8) is 0 Å². The number of aromatic hydroxyl groups is 1. The first kappa shape index (κ1) is 15.6. The molecule has 0 saturated carbocycles. The van der Waals surface area contributed by atoms with Gasteiger partial charge in [-0.05, 0) is 27.5 Å². The number of phenols is 1. The fourth-order valence-corrected chi connectivity index (χ4v) is 2.81. The van der Waals surface area contributed by atoms with Crippen molar-refractivity contribution in [3.05, 3.63) is 53.6 Å². The summed E-state index contributed by atoms with van der Waals surface area (Å²) in [6.45, 7) is 12.9. The highest BCUT2D eigenvalue weighted by Crippen LogP contribution is 2.44. The Morgan fingerprint density at radius 2 is 1.29 bits per heavy atom. The zero-order chi connectivity index (χ0) is 15.8. The van der Waals surface area contributed by atoms with Gasteiger partial charge in [-0.3, -0.25) is 0 Å². The Labute approximate surface area is 128 Å². The fourth-order valence-electron chi connectivity index (χ4n) is 2.81. The van der Waals surface area contributed by atoms with Gasteiger partial charge in [-0.25, -0.2) is 0 Å². The molecule has 112 valence electrons. The van der Waals surface area contributed by atoms with Crippen LogP contribution in [0, 0.1) is 0 Å². The Morgan fingerprint density at radius 1 is 0.714 bits per heavy atom. The first-order valence-corrected chi connectivity index (χ1v) is 7.54. The minimum Gasteiger partial charge on any atom is -0.507 e. The summed E-state index contributed by atoms with van der Waals surface area (Å²) in [5, 5.41) is 10.9. The summed E-state index contributed by atoms with van der Waals surface area (Å²) in [6, 6.07) is 14.5. The van der Waals surface area contributed by atoms with Gasteiger partial charge < -0.3 is 5.11 Å². The monoisotopic (exact) mass is 282 g/mol. The molecule has 2 rings (SSSR count). The molecule has 0 amide bonds. The lowest BCUT2D eigenvalue weighted by molar-refractivity contribution is 0.424. The molecule has 0 spiro atoms. The quantitative estimate of drug-likeness (QED) is 0.716. The summed E-state index contributed by atoms with van der Waals surface area (Å²) >= 11 is 0. The second kappa shape index (κ2) is 5.22. The van der Waals surface area contributed by atoms with Crippen LogP contribution in [0.1, 0.15) is 52.7 Å². The van der Waals surface area contributed by atoms with E-state index in [1.54, 1.807) is 0 Å². The molecule has 1 N–H and O–H groups in total. The Morgan fingerprint density at radius 3 is 1.76 bits per heavy atom. The lowest BCUT2D eigenvalue weighted by atomic mass is 9.76. The van der Waals surface area contributed by atoms with Crippen molar-refractivity contribution in [1.82, 2.24) is 0 Å². The van der Waals surface area contributed by atoms with E-state index in [1.807, 2.05) is 18.2 Å². The van der Waals surface area contributed by atoms with E-state index in [9.17, 15) is 5.11 Å². The molecule has 0 saturated heterocycles. The van der Waals surface area contributed by atoms with Gasteiger partial charge in [0.2, 0.25) is 0 Å². The number of hydrogen-bond acceptors (Lipinski definition) is 1. The molecular weight excluding hydrogens is 256 g/mol. The molecule has 0 bridgehead atoms. The van der Waals surface area contributed by atoms with E-state index in [2.05, 4.69) is 65.8 Å². The van der Waals surface area contributed by atoms with E-state index in [1.165, 1.54) is 0 Å². The minimum atomic E-state index is -0.115. The standard InChI is InChI=1S/C20H26O/c1-19(2,3)16-13-12-15(14-10-8-7-9-11-14)17(18(16)21)20(4,5)6/h7-13,21H,1-6H3. The predicted octanol–water partition coefficient (Wildman–Crippen LogP) is 5.65. The van der Waals surface area contributed by atoms with Gasteiger partial charge in [-0.15, -0.1) is 0 Å². The third-order valence-corrected chi connectivity index (χ3v) is 3.82. The Kier molecular flexibility index (Phi) is 3.88. The molecule has 0 atom stereocenters. The van der Waals surface area contributed by atoms with Crippen LogP contribution in [0.3, 0.4) is 0 Å². The Hall–Kier alpha value is -1.76. The molecule has 21 heavy (non-hydrogen) atoms. The number of benzene rings is 2. The summed E-state index contributed by atoms with van der Waals surface area (Å²) in [4.78, 5) is 0. The van der Waals surface area contributed by atoms with Gasteiger partial charge in [0.15, 0.2) is 0 Å². The normalized spacial score (nSPS) is 12.5. The lowest BCUT2D eigenvalue weighted by Gasteiger charge is -2.29. The number of rotatable bonds is 1. The molecule has 0 aliphatic carbocycles. The summed E-state index contributed by atoms with van der Waals surface area (Å²) in [5.74, 6) is 0.441. The van der Waals surface area contributed by atoms with Crippen LogP contribution in [0.15, 0.2) is 42.5 Å². The topological polar surface area (TPSA) is 20.2 Å². The second-order valence-corrected chi connectivity index (χ2v) is 7.75. The molecule has 0 aliphatic rings. The van der Waals surface area contributed by atoms with Gasteiger partial charge in [-0.2, -0.15) is 0 Å². The first-order valence-electron chi connectivity index (χ1n) is 7.54. The largest absolute Gasteiger partial charge is 0.507 e. The van der Waals surface area contributed by atoms with E-state index in [-0.39, 0.29) is 10.8 Å². The molecule has 0 fully saturated rings. The zero-order valence-corrected chi connectivity index (χ0v) is 14.0. The van der Waals surface area contributed by atoms with Gasteiger partial charge in [0.25, 0.3) is 0 Å². The van der Waals surface area contributed by atoms with Crippen molar-refractivity contribution in [3.8, 4) is 16.9 Å². The molecule has 0 aliphatic heterocycles. The van der Waals surface area contributed by atoms with Crippen molar-refractivity contribution in [2.75, 3.05) is 0 Å². The molecule has 0 heterocycles. The Balaban J connectivity index is 2.77. The highest BCUT2D eigenvalue weighted by Gasteiger charge is 2.28. The maximum atomic E-state index is 10.9. The van der Waals surface area contributed by atoms with Crippen LogP contribution in [0.5, 0.6) is 5.75 Å². The third-order valence-electron chi connectivity index (χ3n) is 3.82. The summed E-state index contributed by atoms with van der Waals surface area (Å²) in [5.41, 5.74) is 4.12.